The number of hydrogen-bond donors (Lipinski definition) is 1. The third-order valence-electron chi connectivity index (χ3n) is 4.83. The molecule has 0 bridgehead atoms. The van der Waals surface area contributed by atoms with Crippen LogP contribution in [0.4, 0.5) is 4.39 Å². The molecule has 1 saturated carbocycles. The fourth-order valence-electron chi connectivity index (χ4n) is 3.82. The van der Waals surface area contributed by atoms with E-state index in [1.807, 2.05) is 0 Å². The summed E-state index contributed by atoms with van der Waals surface area (Å²) in [7, 11) is 0. The Morgan fingerprint density at radius 3 is 2.80 bits per heavy atom. The molecule has 0 spiro atoms. The van der Waals surface area contributed by atoms with Crippen molar-refractivity contribution in [3.05, 3.63) is 34.6 Å². The normalized spacial score (nSPS) is 31.1. The van der Waals surface area contributed by atoms with Crippen LogP contribution in [0.15, 0.2) is 18.2 Å². The quantitative estimate of drug-likeness (QED) is 0.921. The van der Waals surface area contributed by atoms with Crippen LogP contribution in [0, 0.1) is 11.7 Å². The van der Waals surface area contributed by atoms with E-state index in [4.69, 9.17) is 11.6 Å². The van der Waals surface area contributed by atoms with Crippen LogP contribution in [0.25, 0.3) is 0 Å². The number of aliphatic hydroxyl groups is 1. The van der Waals surface area contributed by atoms with E-state index in [-0.39, 0.29) is 11.9 Å². The number of likely N-dealkylation sites (tertiary alicyclic amines) is 1. The smallest absolute Gasteiger partial charge is 0.124 e. The third-order valence-corrected chi connectivity index (χ3v) is 5.18. The molecule has 3 atom stereocenters. The summed E-state index contributed by atoms with van der Waals surface area (Å²) in [5.41, 5.74) is 0.979. The fraction of sp³-hybridized carbons (Fsp3) is 0.625. The Morgan fingerprint density at radius 1 is 1.25 bits per heavy atom. The first-order chi connectivity index (χ1) is 9.65. The number of nitrogens with zero attached hydrogens (tertiary/aromatic N) is 1. The Kier molecular flexibility index (Phi) is 4.29. The Balaban J connectivity index is 1.72. The standard InChI is InChI=1S/C16H21ClFNO/c17-14-9-12(18)7-6-11(14)10-19-8-2-4-15(19)13-3-1-5-16(13)20/h6-7,9,13,15-16,20H,1-5,8,10H2. The maximum Gasteiger partial charge on any atom is 0.124 e. The lowest BCUT2D eigenvalue weighted by Crippen LogP contribution is -2.38. The van der Waals surface area contributed by atoms with E-state index in [1.165, 1.54) is 18.6 Å². The lowest BCUT2D eigenvalue weighted by Gasteiger charge is -2.31. The van der Waals surface area contributed by atoms with E-state index in [0.717, 1.165) is 44.3 Å². The van der Waals surface area contributed by atoms with Crippen LogP contribution in [-0.2, 0) is 6.54 Å². The van der Waals surface area contributed by atoms with Gasteiger partial charge in [0.05, 0.1) is 6.10 Å². The number of aliphatic hydroxyl groups excluding tert-OH is 1. The van der Waals surface area contributed by atoms with E-state index >= 15 is 0 Å². The first-order valence-electron chi connectivity index (χ1n) is 7.51. The van der Waals surface area contributed by atoms with Gasteiger partial charge in [-0.25, -0.2) is 4.39 Å². The molecule has 2 aliphatic rings. The predicted octanol–water partition coefficient (Wildman–Crippen LogP) is 3.60. The lowest BCUT2D eigenvalue weighted by atomic mass is 9.94. The van der Waals surface area contributed by atoms with Crippen LogP contribution >= 0.6 is 11.6 Å². The Hall–Kier alpha value is -0.640. The summed E-state index contributed by atoms with van der Waals surface area (Å²) in [6.45, 7) is 1.80. The Bertz CT molecular complexity index is 482. The summed E-state index contributed by atoms with van der Waals surface area (Å²) in [6.07, 6.45) is 5.37. The van der Waals surface area contributed by atoms with Gasteiger partial charge >= 0.3 is 0 Å². The molecule has 0 aromatic heterocycles. The highest BCUT2D eigenvalue weighted by Gasteiger charge is 2.38. The van der Waals surface area contributed by atoms with Crippen molar-refractivity contribution in [1.82, 2.24) is 4.90 Å². The second-order valence-corrected chi connectivity index (χ2v) is 6.49. The first kappa shape index (κ1) is 14.3. The highest BCUT2D eigenvalue weighted by Crippen LogP contribution is 2.36. The molecule has 1 N–H and O–H groups in total. The van der Waals surface area contributed by atoms with E-state index in [1.54, 1.807) is 6.07 Å². The van der Waals surface area contributed by atoms with Crippen LogP contribution in [0.2, 0.25) is 5.02 Å². The molecule has 3 unspecified atom stereocenters. The average Bonchev–Trinajstić information content (AvgIpc) is 3.01. The zero-order chi connectivity index (χ0) is 14.1. The van der Waals surface area contributed by atoms with Crippen molar-refractivity contribution in [2.75, 3.05) is 6.54 Å². The summed E-state index contributed by atoms with van der Waals surface area (Å²) in [5.74, 6) is 0.111. The van der Waals surface area contributed by atoms with Gasteiger partial charge in [0, 0.05) is 23.5 Å². The molecule has 2 nitrogen and oxygen atoms in total. The molecular weight excluding hydrogens is 277 g/mol. The molecule has 3 rings (SSSR count). The van der Waals surface area contributed by atoms with Gasteiger partial charge in [0.2, 0.25) is 0 Å². The molecule has 1 aliphatic carbocycles. The minimum atomic E-state index is -0.289. The Morgan fingerprint density at radius 2 is 2.10 bits per heavy atom. The van der Waals surface area contributed by atoms with Crippen molar-refractivity contribution in [3.63, 3.8) is 0 Å². The molecule has 0 amide bonds. The molecule has 1 aliphatic heterocycles. The highest BCUT2D eigenvalue weighted by atomic mass is 35.5. The third kappa shape index (κ3) is 2.85. The number of halogens is 2. The van der Waals surface area contributed by atoms with E-state index in [9.17, 15) is 9.50 Å². The summed E-state index contributed by atoms with van der Waals surface area (Å²) in [5, 5.41) is 10.6. The molecule has 1 aromatic carbocycles. The number of benzene rings is 1. The summed E-state index contributed by atoms with van der Waals surface area (Å²) < 4.78 is 13.1. The van der Waals surface area contributed by atoms with Gasteiger partial charge in [-0.05, 0) is 49.9 Å². The molecule has 110 valence electrons. The largest absolute Gasteiger partial charge is 0.393 e. The zero-order valence-corrected chi connectivity index (χ0v) is 12.3. The topological polar surface area (TPSA) is 23.5 Å². The highest BCUT2D eigenvalue weighted by molar-refractivity contribution is 6.31. The predicted molar refractivity (Wildman–Crippen MR) is 78.2 cm³/mol. The minimum absolute atomic E-state index is 0.149. The monoisotopic (exact) mass is 297 g/mol. The van der Waals surface area contributed by atoms with Gasteiger partial charge in [-0.3, -0.25) is 4.90 Å². The van der Waals surface area contributed by atoms with E-state index < -0.39 is 0 Å². The zero-order valence-electron chi connectivity index (χ0n) is 11.6. The first-order valence-corrected chi connectivity index (χ1v) is 7.89. The number of hydrogen-bond acceptors (Lipinski definition) is 2. The SMILES string of the molecule is OC1CCCC1C1CCCN1Cc1ccc(F)cc1Cl. The molecule has 1 heterocycles. The van der Waals surface area contributed by atoms with Crippen LogP contribution in [0.5, 0.6) is 0 Å². The fourth-order valence-corrected chi connectivity index (χ4v) is 4.05. The van der Waals surface area contributed by atoms with Crippen molar-refractivity contribution in [2.24, 2.45) is 5.92 Å². The van der Waals surface area contributed by atoms with Crippen LogP contribution in [0.3, 0.4) is 0 Å². The summed E-state index contributed by atoms with van der Waals surface area (Å²) in [4.78, 5) is 2.42. The number of rotatable bonds is 3. The Labute approximate surface area is 124 Å². The molecule has 2 fully saturated rings. The van der Waals surface area contributed by atoms with Crippen molar-refractivity contribution < 1.29 is 9.50 Å². The van der Waals surface area contributed by atoms with E-state index in [0.29, 0.717) is 17.0 Å². The van der Waals surface area contributed by atoms with Gasteiger partial charge in [-0.1, -0.05) is 24.1 Å². The van der Waals surface area contributed by atoms with Gasteiger partial charge in [-0.15, -0.1) is 0 Å². The summed E-state index contributed by atoms with van der Waals surface area (Å²) in [6, 6.07) is 5.08. The molecule has 20 heavy (non-hydrogen) atoms. The maximum atomic E-state index is 13.1. The minimum Gasteiger partial charge on any atom is -0.393 e. The second kappa shape index (κ2) is 6.00. The van der Waals surface area contributed by atoms with Gasteiger partial charge in [0.25, 0.3) is 0 Å². The molecular formula is C16H21ClFNO. The van der Waals surface area contributed by atoms with Gasteiger partial charge in [0.1, 0.15) is 5.82 Å². The lowest BCUT2D eigenvalue weighted by molar-refractivity contribution is 0.0719. The maximum absolute atomic E-state index is 13.1. The van der Waals surface area contributed by atoms with E-state index in [2.05, 4.69) is 4.90 Å². The van der Waals surface area contributed by atoms with Crippen LogP contribution < -0.4 is 0 Å². The van der Waals surface area contributed by atoms with Crippen LogP contribution in [0.1, 0.15) is 37.7 Å². The average molecular weight is 298 g/mol. The van der Waals surface area contributed by atoms with Crippen molar-refractivity contribution in [1.29, 1.82) is 0 Å². The molecule has 4 heteroatoms. The van der Waals surface area contributed by atoms with Gasteiger partial charge in [-0.2, -0.15) is 0 Å². The van der Waals surface area contributed by atoms with Gasteiger partial charge in [0.15, 0.2) is 0 Å². The molecule has 0 radical (unpaired) electrons. The van der Waals surface area contributed by atoms with Crippen molar-refractivity contribution in [2.45, 2.75) is 50.8 Å². The van der Waals surface area contributed by atoms with Crippen LogP contribution in [-0.4, -0.2) is 28.7 Å². The molecule has 1 saturated heterocycles. The summed E-state index contributed by atoms with van der Waals surface area (Å²) >= 11 is 6.13. The van der Waals surface area contributed by atoms with Gasteiger partial charge < -0.3 is 5.11 Å². The van der Waals surface area contributed by atoms with Crippen molar-refractivity contribution >= 4 is 11.6 Å². The molecule has 1 aromatic rings. The second-order valence-electron chi connectivity index (χ2n) is 6.08. The van der Waals surface area contributed by atoms with Crippen molar-refractivity contribution in [3.8, 4) is 0 Å².